The summed E-state index contributed by atoms with van der Waals surface area (Å²) < 4.78 is 55.9. The molecule has 1 aromatic rings. The molecule has 0 spiro atoms. The zero-order chi connectivity index (χ0) is 22.0. The maximum Gasteiger partial charge on any atom is 0.705 e. The van der Waals surface area contributed by atoms with Crippen LogP contribution < -0.4 is 0 Å². The molecule has 0 aliphatic heterocycles. The molecule has 0 bridgehead atoms. The van der Waals surface area contributed by atoms with Crippen LogP contribution in [-0.4, -0.2) is 26.7 Å². The molecular weight excluding hydrogens is 409 g/mol. The highest BCUT2D eigenvalue weighted by Gasteiger charge is 2.52. The number of halogens is 3. The van der Waals surface area contributed by atoms with Crippen molar-refractivity contribution in [2.24, 2.45) is 0 Å². The molecule has 1 rings (SSSR count). The smallest absolute Gasteiger partial charge is 0.455 e. The predicted molar refractivity (Wildman–Crippen MR) is 99.0 cm³/mol. The Morgan fingerprint density at radius 1 is 0.759 bits per heavy atom. The molecule has 1 aromatic carbocycles. The maximum absolute atomic E-state index is 13.7. The number of carbonyl (C=O) groups excluding carboxylic acids is 3. The van der Waals surface area contributed by atoms with E-state index in [0.29, 0.717) is 6.07 Å². The standard InChI is InChI=1S/C19H25F3O6Si/c1-4-17(23)26-29(27-18(24)5-2,28-19(25)6-3)10-8-7-9-13-11-15(21)16(22)12-14(13)20/h11-12H,4-10H2,1-3H3. The van der Waals surface area contributed by atoms with Crippen molar-refractivity contribution in [1.82, 2.24) is 0 Å². The summed E-state index contributed by atoms with van der Waals surface area (Å²) in [6, 6.07) is 1.20. The second-order valence-corrected chi connectivity index (χ2v) is 8.71. The van der Waals surface area contributed by atoms with Crippen LogP contribution in [0.1, 0.15) is 58.4 Å². The lowest BCUT2D eigenvalue weighted by molar-refractivity contribution is -0.150. The summed E-state index contributed by atoms with van der Waals surface area (Å²) in [6.45, 7) is 4.61. The van der Waals surface area contributed by atoms with Crippen molar-refractivity contribution in [2.45, 2.75) is 65.3 Å². The summed E-state index contributed by atoms with van der Waals surface area (Å²) in [5.41, 5.74) is -0.0159. The summed E-state index contributed by atoms with van der Waals surface area (Å²) in [6.07, 6.45) is 0.536. The van der Waals surface area contributed by atoms with E-state index in [4.69, 9.17) is 13.3 Å². The topological polar surface area (TPSA) is 78.9 Å². The zero-order valence-electron chi connectivity index (χ0n) is 16.7. The van der Waals surface area contributed by atoms with Crippen LogP contribution in [0.25, 0.3) is 0 Å². The largest absolute Gasteiger partial charge is 0.705 e. The van der Waals surface area contributed by atoms with Gasteiger partial charge < -0.3 is 13.3 Å². The van der Waals surface area contributed by atoms with Crippen LogP contribution in [0.5, 0.6) is 0 Å². The molecule has 10 heteroatoms. The van der Waals surface area contributed by atoms with E-state index in [9.17, 15) is 27.6 Å². The molecule has 0 N–H and O–H groups in total. The quantitative estimate of drug-likeness (QED) is 0.295. The van der Waals surface area contributed by atoms with Crippen LogP contribution in [0.3, 0.4) is 0 Å². The molecule has 0 aliphatic carbocycles. The van der Waals surface area contributed by atoms with Gasteiger partial charge in [-0.2, -0.15) is 0 Å². The van der Waals surface area contributed by atoms with Crippen molar-refractivity contribution >= 4 is 26.7 Å². The Balaban J connectivity index is 2.91. The first-order valence-corrected chi connectivity index (χ1v) is 11.4. The molecule has 162 valence electrons. The van der Waals surface area contributed by atoms with Gasteiger partial charge in [0.15, 0.2) is 11.6 Å². The molecule has 0 radical (unpaired) electrons. The summed E-state index contributed by atoms with van der Waals surface area (Å²) in [5.74, 6) is -5.36. The Morgan fingerprint density at radius 2 is 1.21 bits per heavy atom. The van der Waals surface area contributed by atoms with Crippen molar-refractivity contribution < 1.29 is 40.8 Å². The van der Waals surface area contributed by atoms with E-state index in [2.05, 4.69) is 0 Å². The van der Waals surface area contributed by atoms with Gasteiger partial charge >= 0.3 is 8.80 Å². The van der Waals surface area contributed by atoms with E-state index in [1.54, 1.807) is 0 Å². The first-order valence-electron chi connectivity index (χ1n) is 9.45. The highest BCUT2D eigenvalue weighted by atomic mass is 28.4. The zero-order valence-corrected chi connectivity index (χ0v) is 17.7. The van der Waals surface area contributed by atoms with Gasteiger partial charge in [-0.25, -0.2) is 13.2 Å². The predicted octanol–water partition coefficient (Wildman–Crippen LogP) is 4.23. The van der Waals surface area contributed by atoms with Crippen molar-refractivity contribution in [1.29, 1.82) is 0 Å². The molecule has 0 amide bonds. The van der Waals surface area contributed by atoms with Crippen LogP contribution in [0.15, 0.2) is 12.1 Å². The number of hydrogen-bond donors (Lipinski definition) is 0. The maximum atomic E-state index is 13.7. The van der Waals surface area contributed by atoms with E-state index in [0.717, 1.165) is 6.07 Å². The van der Waals surface area contributed by atoms with Crippen LogP contribution >= 0.6 is 0 Å². The van der Waals surface area contributed by atoms with E-state index < -0.39 is 44.2 Å². The fourth-order valence-electron chi connectivity index (χ4n) is 2.36. The summed E-state index contributed by atoms with van der Waals surface area (Å²) >= 11 is 0. The first kappa shape index (κ1) is 24.7. The Bertz CT molecular complexity index is 695. The third-order valence-corrected chi connectivity index (χ3v) is 6.52. The normalized spacial score (nSPS) is 11.1. The third kappa shape index (κ3) is 7.88. The minimum Gasteiger partial charge on any atom is -0.455 e. The lowest BCUT2D eigenvalue weighted by Crippen LogP contribution is -2.50. The van der Waals surface area contributed by atoms with Crippen molar-refractivity contribution in [3.05, 3.63) is 35.1 Å². The van der Waals surface area contributed by atoms with Crippen LogP contribution in [-0.2, 0) is 34.1 Å². The van der Waals surface area contributed by atoms with Crippen LogP contribution in [0.2, 0.25) is 6.04 Å². The van der Waals surface area contributed by atoms with Crippen LogP contribution in [0.4, 0.5) is 13.2 Å². The average molecular weight is 434 g/mol. The first-order chi connectivity index (χ1) is 13.7. The van der Waals surface area contributed by atoms with Gasteiger partial charge in [0.05, 0.1) is 6.04 Å². The van der Waals surface area contributed by atoms with E-state index in [1.807, 2.05) is 0 Å². The van der Waals surface area contributed by atoms with Gasteiger partial charge in [-0.3, -0.25) is 14.4 Å². The molecule has 0 unspecified atom stereocenters. The van der Waals surface area contributed by atoms with Gasteiger partial charge in [0.25, 0.3) is 17.9 Å². The summed E-state index contributed by atoms with van der Waals surface area (Å²) in [5, 5.41) is 0. The molecule has 0 aromatic heterocycles. The fourth-order valence-corrected chi connectivity index (χ4v) is 4.95. The lowest BCUT2D eigenvalue weighted by atomic mass is 10.1. The molecule has 0 aliphatic rings. The molecule has 29 heavy (non-hydrogen) atoms. The number of carbonyl (C=O) groups is 3. The SMILES string of the molecule is CCC(=O)O[Si](CCCCc1cc(F)c(F)cc1F)(OC(=O)CC)OC(=O)CC. The molecule has 6 nitrogen and oxygen atoms in total. The third-order valence-electron chi connectivity index (χ3n) is 3.94. The molecule has 0 atom stereocenters. The molecule has 0 heterocycles. The molecule has 0 saturated heterocycles. The number of unbranched alkanes of at least 4 members (excludes halogenated alkanes) is 1. The number of benzene rings is 1. The lowest BCUT2D eigenvalue weighted by Gasteiger charge is -2.27. The van der Waals surface area contributed by atoms with Crippen LogP contribution in [0, 0.1) is 17.5 Å². The van der Waals surface area contributed by atoms with Gasteiger partial charge in [-0.15, -0.1) is 0 Å². The minimum absolute atomic E-state index is 0.0117. The van der Waals surface area contributed by atoms with E-state index in [-0.39, 0.29) is 50.1 Å². The number of aryl methyl sites for hydroxylation is 1. The van der Waals surface area contributed by atoms with Crippen molar-refractivity contribution in [3.63, 3.8) is 0 Å². The fraction of sp³-hybridized carbons (Fsp3) is 0.526. The van der Waals surface area contributed by atoms with Crippen molar-refractivity contribution in [2.75, 3.05) is 0 Å². The number of rotatable bonds is 11. The summed E-state index contributed by atoms with van der Waals surface area (Å²) in [7, 11) is -4.00. The number of hydrogen-bond acceptors (Lipinski definition) is 6. The van der Waals surface area contributed by atoms with Gasteiger partial charge in [0.2, 0.25) is 0 Å². The van der Waals surface area contributed by atoms with Gasteiger partial charge in [-0.1, -0.05) is 20.8 Å². The van der Waals surface area contributed by atoms with E-state index in [1.165, 1.54) is 20.8 Å². The van der Waals surface area contributed by atoms with E-state index >= 15 is 0 Å². The Kier molecular flexibility index (Phi) is 9.86. The Morgan fingerprint density at radius 3 is 1.66 bits per heavy atom. The van der Waals surface area contributed by atoms with Gasteiger partial charge in [0.1, 0.15) is 5.82 Å². The molecule has 0 saturated carbocycles. The second-order valence-electron chi connectivity index (χ2n) is 6.23. The highest BCUT2D eigenvalue weighted by molar-refractivity contribution is 6.65. The van der Waals surface area contributed by atoms with Crippen molar-refractivity contribution in [3.8, 4) is 0 Å². The molecular formula is C19H25F3O6Si. The average Bonchev–Trinajstić information content (AvgIpc) is 2.68. The Labute approximate surface area is 168 Å². The summed E-state index contributed by atoms with van der Waals surface area (Å²) in [4.78, 5) is 35.5. The highest BCUT2D eigenvalue weighted by Crippen LogP contribution is 2.23. The minimum atomic E-state index is -4.00. The second kappa shape index (κ2) is 11.6. The van der Waals surface area contributed by atoms with Gasteiger partial charge in [-0.05, 0) is 30.9 Å². The monoisotopic (exact) mass is 434 g/mol. The Hall–Kier alpha value is -2.36. The molecule has 0 fully saturated rings. The van der Waals surface area contributed by atoms with Gasteiger partial charge in [0, 0.05) is 25.3 Å².